The molecule has 0 amide bonds. The Labute approximate surface area is 115 Å². The van der Waals surface area contributed by atoms with Gasteiger partial charge in [-0.3, -0.25) is 0 Å². The summed E-state index contributed by atoms with van der Waals surface area (Å²) in [6, 6.07) is 0. The molecule has 1 N–H and O–H groups in total. The lowest BCUT2D eigenvalue weighted by molar-refractivity contribution is 0.172. The summed E-state index contributed by atoms with van der Waals surface area (Å²) in [6.45, 7) is 6.84. The largest absolute Gasteiger partial charge is 0.317 e. The quantitative estimate of drug-likeness (QED) is 0.848. The molecule has 1 aromatic rings. The van der Waals surface area contributed by atoms with Gasteiger partial charge in [0.05, 0.1) is 5.01 Å². The Hall–Kier alpha value is -0.410. The van der Waals surface area contributed by atoms with E-state index in [-0.39, 0.29) is 0 Å². The monoisotopic (exact) mass is 266 g/mol. The van der Waals surface area contributed by atoms with Gasteiger partial charge in [0, 0.05) is 18.0 Å². The number of hydrogen-bond donors (Lipinski definition) is 1. The Bertz CT molecular complexity index is 323. The van der Waals surface area contributed by atoms with Crippen molar-refractivity contribution in [2.45, 2.75) is 46.0 Å². The molecular formula is C15H26N2S. The van der Waals surface area contributed by atoms with Crippen LogP contribution >= 0.6 is 11.3 Å². The fourth-order valence-corrected chi connectivity index (χ4v) is 3.93. The predicted molar refractivity (Wildman–Crippen MR) is 79.0 cm³/mol. The molecule has 0 saturated heterocycles. The van der Waals surface area contributed by atoms with E-state index in [1.54, 1.807) is 0 Å². The highest BCUT2D eigenvalue weighted by Gasteiger charge is 2.29. The summed E-state index contributed by atoms with van der Waals surface area (Å²) in [6.07, 6.45) is 8.74. The van der Waals surface area contributed by atoms with Gasteiger partial charge in [-0.25, -0.2) is 4.98 Å². The zero-order valence-corrected chi connectivity index (χ0v) is 12.5. The summed E-state index contributed by atoms with van der Waals surface area (Å²) >= 11 is 1.82. The Balaban J connectivity index is 1.94. The molecular weight excluding hydrogens is 240 g/mol. The fraction of sp³-hybridized carbons (Fsp3) is 0.800. The second kappa shape index (κ2) is 7.25. The summed E-state index contributed by atoms with van der Waals surface area (Å²) < 4.78 is 0. The van der Waals surface area contributed by atoms with Crippen molar-refractivity contribution in [3.63, 3.8) is 0 Å². The molecule has 3 atom stereocenters. The van der Waals surface area contributed by atoms with Gasteiger partial charge < -0.3 is 5.32 Å². The van der Waals surface area contributed by atoms with Gasteiger partial charge >= 0.3 is 0 Å². The van der Waals surface area contributed by atoms with Crippen molar-refractivity contribution >= 4 is 11.3 Å². The molecule has 0 bridgehead atoms. The molecule has 1 aromatic heterocycles. The minimum absolute atomic E-state index is 0.842. The zero-order valence-electron chi connectivity index (χ0n) is 11.7. The average molecular weight is 266 g/mol. The SMILES string of the molecule is CCNCC1CCC(CC)CC1Cc1nccs1. The molecule has 3 heteroatoms. The van der Waals surface area contributed by atoms with E-state index in [4.69, 9.17) is 0 Å². The topological polar surface area (TPSA) is 24.9 Å². The van der Waals surface area contributed by atoms with Crippen LogP contribution in [0.15, 0.2) is 11.6 Å². The fourth-order valence-electron chi connectivity index (χ4n) is 3.22. The molecule has 1 aliphatic carbocycles. The van der Waals surface area contributed by atoms with Gasteiger partial charge in [-0.05, 0) is 43.7 Å². The summed E-state index contributed by atoms with van der Waals surface area (Å²) in [5, 5.41) is 6.98. The Morgan fingerprint density at radius 1 is 1.33 bits per heavy atom. The standard InChI is InChI=1S/C15H26N2S/c1-3-12-5-6-13(11-16-4-2)14(9-12)10-15-17-7-8-18-15/h7-8,12-14,16H,3-6,9-11H2,1-2H3. The van der Waals surface area contributed by atoms with Crippen molar-refractivity contribution in [3.8, 4) is 0 Å². The maximum absolute atomic E-state index is 4.47. The van der Waals surface area contributed by atoms with E-state index < -0.39 is 0 Å². The van der Waals surface area contributed by atoms with Crippen LogP contribution in [0.2, 0.25) is 0 Å². The minimum atomic E-state index is 0.842. The molecule has 2 nitrogen and oxygen atoms in total. The summed E-state index contributed by atoms with van der Waals surface area (Å²) in [5.41, 5.74) is 0. The van der Waals surface area contributed by atoms with Crippen molar-refractivity contribution in [2.75, 3.05) is 13.1 Å². The van der Waals surface area contributed by atoms with Crippen molar-refractivity contribution in [1.29, 1.82) is 0 Å². The second-order valence-corrected chi connectivity index (χ2v) is 6.52. The van der Waals surface area contributed by atoms with E-state index in [0.717, 1.165) is 24.3 Å². The van der Waals surface area contributed by atoms with E-state index in [9.17, 15) is 0 Å². The highest BCUT2D eigenvalue weighted by atomic mass is 32.1. The zero-order chi connectivity index (χ0) is 12.8. The van der Waals surface area contributed by atoms with Gasteiger partial charge in [0.1, 0.15) is 0 Å². The van der Waals surface area contributed by atoms with Gasteiger partial charge in [-0.15, -0.1) is 11.3 Å². The smallest absolute Gasteiger partial charge is 0.0927 e. The lowest BCUT2D eigenvalue weighted by Crippen LogP contribution is -2.34. The number of hydrogen-bond acceptors (Lipinski definition) is 3. The third-order valence-electron chi connectivity index (χ3n) is 4.40. The predicted octanol–water partition coefficient (Wildman–Crippen LogP) is 3.74. The summed E-state index contributed by atoms with van der Waals surface area (Å²) in [4.78, 5) is 4.47. The molecule has 1 heterocycles. The first kappa shape index (κ1) is 14.0. The van der Waals surface area contributed by atoms with Crippen LogP contribution in [0.25, 0.3) is 0 Å². The van der Waals surface area contributed by atoms with Gasteiger partial charge in [0.25, 0.3) is 0 Å². The van der Waals surface area contributed by atoms with E-state index in [1.165, 1.54) is 43.7 Å². The van der Waals surface area contributed by atoms with Crippen molar-refractivity contribution < 1.29 is 0 Å². The Morgan fingerprint density at radius 2 is 2.22 bits per heavy atom. The molecule has 1 aliphatic rings. The molecule has 0 radical (unpaired) electrons. The Morgan fingerprint density at radius 3 is 2.89 bits per heavy atom. The summed E-state index contributed by atoms with van der Waals surface area (Å²) in [5.74, 6) is 2.65. The van der Waals surface area contributed by atoms with Gasteiger partial charge in [-0.1, -0.05) is 26.7 Å². The first-order chi connectivity index (χ1) is 8.83. The highest BCUT2D eigenvalue weighted by Crippen LogP contribution is 2.37. The molecule has 18 heavy (non-hydrogen) atoms. The number of nitrogens with zero attached hydrogens (tertiary/aromatic N) is 1. The van der Waals surface area contributed by atoms with E-state index in [1.807, 2.05) is 17.5 Å². The Kier molecular flexibility index (Phi) is 5.64. The first-order valence-corrected chi connectivity index (χ1v) is 8.30. The highest BCUT2D eigenvalue weighted by molar-refractivity contribution is 7.09. The molecule has 0 aromatic carbocycles. The molecule has 3 unspecified atom stereocenters. The minimum Gasteiger partial charge on any atom is -0.317 e. The van der Waals surface area contributed by atoms with E-state index in [2.05, 4.69) is 29.5 Å². The number of nitrogens with one attached hydrogen (secondary N) is 1. The average Bonchev–Trinajstić information content (AvgIpc) is 2.90. The van der Waals surface area contributed by atoms with E-state index >= 15 is 0 Å². The number of thiazole rings is 1. The molecule has 0 spiro atoms. The molecule has 2 rings (SSSR count). The lowest BCUT2D eigenvalue weighted by atomic mass is 9.72. The van der Waals surface area contributed by atoms with Crippen LogP contribution in [-0.2, 0) is 6.42 Å². The van der Waals surface area contributed by atoms with Crippen LogP contribution in [0.4, 0.5) is 0 Å². The van der Waals surface area contributed by atoms with Crippen LogP contribution in [0, 0.1) is 17.8 Å². The lowest BCUT2D eigenvalue weighted by Gasteiger charge is -2.36. The van der Waals surface area contributed by atoms with Crippen LogP contribution in [0.3, 0.4) is 0 Å². The molecule has 102 valence electrons. The molecule has 1 fully saturated rings. The molecule has 1 saturated carbocycles. The van der Waals surface area contributed by atoms with Crippen LogP contribution in [-0.4, -0.2) is 18.1 Å². The molecule has 0 aliphatic heterocycles. The van der Waals surface area contributed by atoms with Crippen molar-refractivity contribution in [2.24, 2.45) is 17.8 Å². The number of rotatable bonds is 6. The third kappa shape index (κ3) is 3.79. The van der Waals surface area contributed by atoms with Crippen molar-refractivity contribution in [3.05, 3.63) is 16.6 Å². The second-order valence-electron chi connectivity index (χ2n) is 5.55. The van der Waals surface area contributed by atoms with Crippen LogP contribution in [0.5, 0.6) is 0 Å². The maximum Gasteiger partial charge on any atom is 0.0927 e. The van der Waals surface area contributed by atoms with Crippen LogP contribution in [0.1, 0.15) is 44.5 Å². The first-order valence-electron chi connectivity index (χ1n) is 7.42. The normalized spacial score (nSPS) is 28.4. The van der Waals surface area contributed by atoms with Crippen LogP contribution < -0.4 is 5.32 Å². The van der Waals surface area contributed by atoms with E-state index in [0.29, 0.717) is 0 Å². The van der Waals surface area contributed by atoms with Gasteiger partial charge in [-0.2, -0.15) is 0 Å². The maximum atomic E-state index is 4.47. The third-order valence-corrected chi connectivity index (χ3v) is 5.20. The van der Waals surface area contributed by atoms with Gasteiger partial charge in [0.15, 0.2) is 0 Å². The number of aromatic nitrogens is 1. The van der Waals surface area contributed by atoms with Gasteiger partial charge in [0.2, 0.25) is 0 Å². The summed E-state index contributed by atoms with van der Waals surface area (Å²) in [7, 11) is 0. The van der Waals surface area contributed by atoms with Crippen molar-refractivity contribution in [1.82, 2.24) is 10.3 Å².